The average Bonchev–Trinajstić information content (AvgIpc) is 2.83. The van der Waals surface area contributed by atoms with Gasteiger partial charge in [0.1, 0.15) is 11.5 Å². The summed E-state index contributed by atoms with van der Waals surface area (Å²) in [5.41, 5.74) is 9.57. The van der Waals surface area contributed by atoms with E-state index in [9.17, 15) is 4.39 Å². The maximum atomic E-state index is 12.9. The average molecular weight is 269 g/mol. The molecule has 100 valence electrons. The number of pyridine rings is 1. The van der Waals surface area contributed by atoms with E-state index < -0.39 is 5.82 Å². The van der Waals surface area contributed by atoms with Crippen LogP contribution in [0.2, 0.25) is 0 Å². The molecular weight excluding hydrogens is 257 g/mol. The fourth-order valence-corrected chi connectivity index (χ4v) is 1.99. The number of anilines is 1. The Labute approximate surface area is 115 Å². The first-order valence-electron chi connectivity index (χ1n) is 6.09. The van der Waals surface area contributed by atoms with Crippen LogP contribution in [0.5, 0.6) is 0 Å². The highest BCUT2D eigenvalue weighted by Crippen LogP contribution is 2.35. The van der Waals surface area contributed by atoms with Crippen molar-refractivity contribution < 1.29 is 8.91 Å². The molecule has 4 nitrogen and oxygen atoms in total. The topological polar surface area (TPSA) is 64.9 Å². The summed E-state index contributed by atoms with van der Waals surface area (Å²) in [5, 5.41) is 3.93. The maximum Gasteiger partial charge on any atom is 0.230 e. The minimum atomic E-state index is -0.401. The lowest BCUT2D eigenvalue weighted by Gasteiger charge is -2.03. The van der Waals surface area contributed by atoms with Gasteiger partial charge in [-0.1, -0.05) is 35.0 Å². The van der Waals surface area contributed by atoms with Crippen molar-refractivity contribution in [2.75, 3.05) is 5.73 Å². The van der Waals surface area contributed by atoms with Gasteiger partial charge in [0.05, 0.1) is 17.5 Å². The summed E-state index contributed by atoms with van der Waals surface area (Å²) >= 11 is 0. The summed E-state index contributed by atoms with van der Waals surface area (Å²) in [6.45, 7) is 2.00. The molecule has 5 heteroatoms. The van der Waals surface area contributed by atoms with Crippen LogP contribution in [-0.4, -0.2) is 10.1 Å². The van der Waals surface area contributed by atoms with Crippen molar-refractivity contribution in [1.82, 2.24) is 10.1 Å². The van der Waals surface area contributed by atoms with Crippen molar-refractivity contribution in [3.8, 4) is 22.5 Å². The number of aryl methyl sites for hydroxylation is 1. The SMILES string of the molecule is Cc1ccc(-c2c(-c3ccc(F)cn3)noc2N)cc1. The zero-order chi connectivity index (χ0) is 14.1. The van der Waals surface area contributed by atoms with Crippen LogP contribution >= 0.6 is 0 Å². The van der Waals surface area contributed by atoms with Crippen molar-refractivity contribution in [2.45, 2.75) is 6.92 Å². The van der Waals surface area contributed by atoms with Crippen LogP contribution < -0.4 is 5.73 Å². The largest absolute Gasteiger partial charge is 0.367 e. The molecule has 0 aliphatic rings. The summed E-state index contributed by atoms with van der Waals surface area (Å²) < 4.78 is 18.0. The Morgan fingerprint density at radius 2 is 1.85 bits per heavy atom. The molecule has 20 heavy (non-hydrogen) atoms. The molecule has 2 aromatic heterocycles. The van der Waals surface area contributed by atoms with Crippen molar-refractivity contribution in [3.05, 3.63) is 54.0 Å². The Bertz CT molecular complexity index is 733. The molecule has 3 aromatic rings. The number of aromatic nitrogens is 2. The fraction of sp³-hybridized carbons (Fsp3) is 0.0667. The van der Waals surface area contributed by atoms with Crippen molar-refractivity contribution >= 4 is 5.88 Å². The minimum absolute atomic E-state index is 0.218. The summed E-state index contributed by atoms with van der Waals surface area (Å²) in [4.78, 5) is 4.01. The summed E-state index contributed by atoms with van der Waals surface area (Å²) in [6, 6.07) is 10.7. The van der Waals surface area contributed by atoms with E-state index in [1.165, 1.54) is 6.07 Å². The first-order valence-corrected chi connectivity index (χ1v) is 6.09. The van der Waals surface area contributed by atoms with Crippen LogP contribution in [0.4, 0.5) is 10.3 Å². The van der Waals surface area contributed by atoms with Gasteiger partial charge in [-0.05, 0) is 24.6 Å². The number of nitrogens with zero attached hydrogens (tertiary/aromatic N) is 2. The fourth-order valence-electron chi connectivity index (χ4n) is 1.99. The van der Waals surface area contributed by atoms with E-state index in [0.29, 0.717) is 17.0 Å². The van der Waals surface area contributed by atoms with Crippen LogP contribution in [0.1, 0.15) is 5.56 Å². The van der Waals surface area contributed by atoms with Crippen LogP contribution in [0, 0.1) is 12.7 Å². The molecule has 0 atom stereocenters. The van der Waals surface area contributed by atoms with Gasteiger partial charge >= 0.3 is 0 Å². The lowest BCUT2D eigenvalue weighted by atomic mass is 10.0. The molecule has 0 saturated carbocycles. The molecule has 0 unspecified atom stereocenters. The highest BCUT2D eigenvalue weighted by Gasteiger charge is 2.18. The molecule has 1 aromatic carbocycles. The lowest BCUT2D eigenvalue weighted by Crippen LogP contribution is -1.90. The zero-order valence-corrected chi connectivity index (χ0v) is 10.8. The van der Waals surface area contributed by atoms with E-state index >= 15 is 0 Å². The molecule has 0 spiro atoms. The van der Waals surface area contributed by atoms with Gasteiger partial charge in [-0.3, -0.25) is 4.98 Å². The predicted octanol–water partition coefficient (Wildman–Crippen LogP) is 3.43. The van der Waals surface area contributed by atoms with Gasteiger partial charge in [0, 0.05) is 0 Å². The molecule has 3 rings (SSSR count). The Balaban J connectivity index is 2.14. The molecule has 0 amide bonds. The predicted molar refractivity (Wildman–Crippen MR) is 74.3 cm³/mol. The summed E-state index contributed by atoms with van der Waals surface area (Å²) in [7, 11) is 0. The first kappa shape index (κ1) is 12.3. The Hall–Kier alpha value is -2.69. The van der Waals surface area contributed by atoms with Gasteiger partial charge in [0.2, 0.25) is 5.88 Å². The second kappa shape index (κ2) is 4.77. The van der Waals surface area contributed by atoms with E-state index in [1.807, 2.05) is 31.2 Å². The Morgan fingerprint density at radius 1 is 1.10 bits per heavy atom. The van der Waals surface area contributed by atoms with Crippen LogP contribution in [0.25, 0.3) is 22.5 Å². The molecule has 2 heterocycles. The molecule has 0 bridgehead atoms. The van der Waals surface area contributed by atoms with Gasteiger partial charge in [0.25, 0.3) is 0 Å². The Kier molecular flexibility index (Phi) is 2.95. The van der Waals surface area contributed by atoms with Gasteiger partial charge < -0.3 is 10.3 Å². The quantitative estimate of drug-likeness (QED) is 0.774. The minimum Gasteiger partial charge on any atom is -0.367 e. The molecule has 0 radical (unpaired) electrons. The van der Waals surface area contributed by atoms with Crippen LogP contribution in [-0.2, 0) is 0 Å². The summed E-state index contributed by atoms with van der Waals surface area (Å²) in [5.74, 6) is -0.183. The van der Waals surface area contributed by atoms with Crippen molar-refractivity contribution in [3.63, 3.8) is 0 Å². The van der Waals surface area contributed by atoms with Crippen LogP contribution in [0.3, 0.4) is 0 Å². The maximum absolute atomic E-state index is 12.9. The van der Waals surface area contributed by atoms with Crippen molar-refractivity contribution in [1.29, 1.82) is 0 Å². The third kappa shape index (κ3) is 2.14. The number of benzene rings is 1. The molecule has 0 aliphatic carbocycles. The Morgan fingerprint density at radius 3 is 2.50 bits per heavy atom. The zero-order valence-electron chi connectivity index (χ0n) is 10.8. The van der Waals surface area contributed by atoms with Crippen LogP contribution in [0.15, 0.2) is 47.1 Å². The number of nitrogen functional groups attached to an aromatic ring is 1. The first-order chi connectivity index (χ1) is 9.65. The van der Waals surface area contributed by atoms with Gasteiger partial charge in [-0.2, -0.15) is 0 Å². The van der Waals surface area contributed by atoms with Gasteiger partial charge in [0.15, 0.2) is 0 Å². The van der Waals surface area contributed by atoms with Gasteiger partial charge in [-0.15, -0.1) is 0 Å². The third-order valence-electron chi connectivity index (χ3n) is 3.03. The molecule has 0 aliphatic heterocycles. The highest BCUT2D eigenvalue weighted by atomic mass is 19.1. The van der Waals surface area contributed by atoms with E-state index in [4.69, 9.17) is 10.3 Å². The summed E-state index contributed by atoms with van der Waals surface area (Å²) in [6.07, 6.45) is 1.14. The number of hydrogen-bond donors (Lipinski definition) is 1. The molecular formula is C15H12FN3O. The number of rotatable bonds is 2. The van der Waals surface area contributed by atoms with E-state index in [0.717, 1.165) is 17.3 Å². The van der Waals surface area contributed by atoms with E-state index in [-0.39, 0.29) is 5.88 Å². The van der Waals surface area contributed by atoms with E-state index in [1.54, 1.807) is 6.07 Å². The van der Waals surface area contributed by atoms with Crippen molar-refractivity contribution in [2.24, 2.45) is 0 Å². The monoisotopic (exact) mass is 269 g/mol. The lowest BCUT2D eigenvalue weighted by molar-refractivity contribution is 0.439. The molecule has 0 fully saturated rings. The second-order valence-corrected chi connectivity index (χ2v) is 4.50. The molecule has 0 saturated heterocycles. The third-order valence-corrected chi connectivity index (χ3v) is 3.03. The standard InChI is InChI=1S/C15H12FN3O/c1-9-2-4-10(5-3-9)13-14(19-20-15(13)17)12-7-6-11(16)8-18-12/h2-8H,17H2,1H3. The number of nitrogens with two attached hydrogens (primary N) is 1. The molecule has 2 N–H and O–H groups in total. The smallest absolute Gasteiger partial charge is 0.230 e. The second-order valence-electron chi connectivity index (χ2n) is 4.50. The number of hydrogen-bond acceptors (Lipinski definition) is 4. The highest BCUT2D eigenvalue weighted by molar-refractivity contribution is 5.85. The van der Waals surface area contributed by atoms with E-state index in [2.05, 4.69) is 10.1 Å². The van der Waals surface area contributed by atoms with Gasteiger partial charge in [-0.25, -0.2) is 4.39 Å². The normalized spacial score (nSPS) is 10.7. The number of halogens is 1.